The molecule has 3 aliphatic rings. The lowest BCUT2D eigenvalue weighted by molar-refractivity contribution is -0.279. The first kappa shape index (κ1) is 35.7. The number of aryl methyl sites for hydroxylation is 2. The second kappa shape index (κ2) is 14.2. The highest BCUT2D eigenvalue weighted by Gasteiger charge is 2.49. The lowest BCUT2D eigenvalue weighted by Gasteiger charge is -2.37. The average molecular weight is 695 g/mol. The zero-order valence-corrected chi connectivity index (χ0v) is 29.9. The fourth-order valence-electron chi connectivity index (χ4n) is 7.38. The number of H-pyrrole nitrogens is 2. The summed E-state index contributed by atoms with van der Waals surface area (Å²) >= 11 is 0. The quantitative estimate of drug-likeness (QED) is 0.0849. The van der Waals surface area contributed by atoms with Gasteiger partial charge < -0.3 is 19.8 Å². The zero-order valence-electron chi connectivity index (χ0n) is 29.9. The lowest BCUT2D eigenvalue weighted by Crippen LogP contribution is -2.39. The number of carbonyl (C=O) groups is 2. The Morgan fingerprint density at radius 2 is 1.59 bits per heavy atom. The van der Waals surface area contributed by atoms with Gasteiger partial charge in [0.15, 0.2) is 0 Å². The van der Waals surface area contributed by atoms with Crippen molar-refractivity contribution in [3.05, 3.63) is 93.6 Å². The number of ether oxygens (including phenoxy) is 1. The van der Waals surface area contributed by atoms with Crippen LogP contribution >= 0.6 is 0 Å². The van der Waals surface area contributed by atoms with Crippen LogP contribution in [0.3, 0.4) is 0 Å². The molecule has 5 heterocycles. The van der Waals surface area contributed by atoms with E-state index in [1.165, 1.54) is 21.3 Å². The highest BCUT2D eigenvalue weighted by Crippen LogP contribution is 2.52. The maximum atomic E-state index is 12.7. The Kier molecular flexibility index (Phi) is 9.96. The Bertz CT molecular complexity index is 2210. The molecule has 3 aromatic rings. The number of hydrogen-bond donors (Lipinski definition) is 3. The van der Waals surface area contributed by atoms with Gasteiger partial charge >= 0.3 is 11.9 Å². The number of allylic oxidation sites excluding steroid dienone is 4. The number of aromatic nitrogens is 4. The molecular weight excluding hydrogens is 652 g/mol. The van der Waals surface area contributed by atoms with Crippen molar-refractivity contribution in [3.8, 4) is 0 Å². The molecule has 12 heteroatoms. The van der Waals surface area contributed by atoms with Crippen molar-refractivity contribution >= 4 is 56.8 Å². The molecule has 1 aliphatic carbocycles. The van der Waals surface area contributed by atoms with E-state index in [2.05, 4.69) is 16.5 Å². The minimum atomic E-state index is -1.05. The molecule has 0 amide bonds. The predicted octanol–water partition coefficient (Wildman–Crippen LogP) is 6.75. The number of aromatic amines is 2. The average Bonchev–Trinajstić information content (AvgIpc) is 3.76. The minimum absolute atomic E-state index is 0.0224. The number of nitrogens with zero attached hydrogens (tertiary/aromatic N) is 2. The monoisotopic (exact) mass is 694 g/mol. The second-order valence-electron chi connectivity index (χ2n) is 12.9. The maximum absolute atomic E-state index is 12.7. The molecule has 2 unspecified atom stereocenters. The molecule has 0 saturated carbocycles. The lowest BCUT2D eigenvalue weighted by atomic mass is 9.64. The molecular formula is C39H42N4O8. The van der Waals surface area contributed by atoms with Gasteiger partial charge in [0.05, 0.1) is 63.7 Å². The molecule has 6 rings (SSSR count). The summed E-state index contributed by atoms with van der Waals surface area (Å²) in [7, 11) is 4.24. The molecule has 0 radical (unpaired) electrons. The summed E-state index contributed by atoms with van der Waals surface area (Å²) in [4.78, 5) is 63.2. The summed E-state index contributed by atoms with van der Waals surface area (Å²) in [6.07, 6.45) is 5.80. The number of fused-ring (bicyclic) bond motifs is 11. The van der Waals surface area contributed by atoms with E-state index >= 15 is 0 Å². The van der Waals surface area contributed by atoms with Gasteiger partial charge in [-0.05, 0) is 85.4 Å². The normalized spacial score (nSPS) is 18.3. The van der Waals surface area contributed by atoms with Gasteiger partial charge in [-0.1, -0.05) is 24.8 Å². The molecule has 2 aliphatic heterocycles. The molecule has 3 N–H and O–H groups in total. The van der Waals surface area contributed by atoms with Gasteiger partial charge in [0.2, 0.25) is 0 Å². The number of carboxylic acid groups (broad SMARTS) is 1. The fraction of sp³-hybridized carbons (Fsp3) is 0.333. The fourth-order valence-corrected chi connectivity index (χ4v) is 7.38. The highest BCUT2D eigenvalue weighted by molar-refractivity contribution is 5.95. The van der Waals surface area contributed by atoms with Crippen LogP contribution in [0.2, 0.25) is 0 Å². The summed E-state index contributed by atoms with van der Waals surface area (Å²) in [5.41, 5.74) is 11.3. The Morgan fingerprint density at radius 1 is 0.902 bits per heavy atom. The maximum Gasteiger partial charge on any atom is 0.331 e. The van der Waals surface area contributed by atoms with Crippen molar-refractivity contribution in [2.24, 2.45) is 5.92 Å². The zero-order chi connectivity index (χ0) is 36.6. The Labute approximate surface area is 295 Å². The third-order valence-corrected chi connectivity index (χ3v) is 10.3. The van der Waals surface area contributed by atoms with E-state index in [4.69, 9.17) is 34.3 Å². The first-order valence-corrected chi connectivity index (χ1v) is 16.6. The summed E-state index contributed by atoms with van der Waals surface area (Å²) in [6, 6.07) is 7.86. The van der Waals surface area contributed by atoms with Crippen LogP contribution in [0.25, 0.3) is 44.9 Å². The topological polar surface area (TPSA) is 158 Å². The number of aliphatic carboxylic acids is 1. The molecule has 0 aromatic carbocycles. The standard InChI is InChI=1S/C39H42N4O8/c1-9-23-20(2)29-15-30-21(3)24(12-13-50-48-7)32(40-30)17-33-26(14-37(44)47-6)22(4)31(41-33)16-35-27-11-10-25(38(45)46)28(19-51-49-8)39(27,5)36(43-35)18-34(23)42-29/h9-11,15-18,28,41-42H,1,12-14,19H2,2-8H3,(H,45,46). The summed E-state index contributed by atoms with van der Waals surface area (Å²) in [5, 5.41) is 10.3. The number of carbonyl (C=O) groups excluding carboxylic acids is 1. The van der Waals surface area contributed by atoms with Gasteiger partial charge in [0.25, 0.3) is 0 Å². The van der Waals surface area contributed by atoms with Crippen LogP contribution in [0.5, 0.6) is 0 Å². The number of rotatable bonds is 11. The second-order valence-corrected chi connectivity index (χ2v) is 12.9. The minimum Gasteiger partial charge on any atom is -0.478 e. The number of hydrogen-bond acceptors (Lipinski definition) is 9. The molecule has 0 spiro atoms. The van der Waals surface area contributed by atoms with E-state index in [0.717, 1.165) is 66.9 Å². The van der Waals surface area contributed by atoms with Crippen molar-refractivity contribution in [3.63, 3.8) is 0 Å². The van der Waals surface area contributed by atoms with E-state index in [0.29, 0.717) is 29.9 Å². The number of esters is 1. The van der Waals surface area contributed by atoms with E-state index in [9.17, 15) is 14.7 Å². The van der Waals surface area contributed by atoms with Crippen LogP contribution in [0.4, 0.5) is 0 Å². The van der Waals surface area contributed by atoms with Gasteiger partial charge in [-0.3, -0.25) is 9.78 Å². The Morgan fingerprint density at radius 3 is 2.27 bits per heavy atom. The van der Waals surface area contributed by atoms with E-state index in [-0.39, 0.29) is 24.6 Å². The van der Waals surface area contributed by atoms with Gasteiger partial charge in [-0.15, -0.1) is 0 Å². The highest BCUT2D eigenvalue weighted by atomic mass is 17.2. The SMILES string of the molecule is C=Cc1c(C)c2cc3nc(cc4[nH]c(cc5nc(cc1[nH]2)C1(C)C5=CC=C(C(=O)O)C1COOC)c(C)c4CC(=O)OC)C(CCOOC)=C3C. The largest absolute Gasteiger partial charge is 0.478 e. The summed E-state index contributed by atoms with van der Waals surface area (Å²) < 4.78 is 5.08. The van der Waals surface area contributed by atoms with Gasteiger partial charge in [-0.25, -0.2) is 29.3 Å². The van der Waals surface area contributed by atoms with E-state index in [1.807, 2.05) is 58.0 Å². The Hall–Kier alpha value is -5.14. The first-order chi connectivity index (χ1) is 24.5. The van der Waals surface area contributed by atoms with Gasteiger partial charge in [0.1, 0.15) is 0 Å². The molecule has 8 bridgehead atoms. The first-order valence-electron chi connectivity index (χ1n) is 16.6. The number of nitrogens with one attached hydrogen (secondary N) is 2. The van der Waals surface area contributed by atoms with Gasteiger partial charge in [-0.2, -0.15) is 0 Å². The molecule has 2 atom stereocenters. The van der Waals surface area contributed by atoms with Crippen LogP contribution in [-0.2, 0) is 45.7 Å². The van der Waals surface area contributed by atoms with Crippen molar-refractivity contribution < 1.29 is 39.0 Å². The third-order valence-electron chi connectivity index (χ3n) is 10.3. The predicted molar refractivity (Wildman–Crippen MR) is 194 cm³/mol. The summed E-state index contributed by atoms with van der Waals surface area (Å²) in [5.74, 6) is -2.08. The molecule has 3 aromatic heterocycles. The number of carboxylic acids is 1. The molecule has 12 nitrogen and oxygen atoms in total. The van der Waals surface area contributed by atoms with E-state index < -0.39 is 17.3 Å². The van der Waals surface area contributed by atoms with Crippen molar-refractivity contribution in [1.82, 2.24) is 19.9 Å². The van der Waals surface area contributed by atoms with Crippen LogP contribution in [0.15, 0.2) is 48.6 Å². The van der Waals surface area contributed by atoms with Crippen molar-refractivity contribution in [2.75, 3.05) is 34.5 Å². The summed E-state index contributed by atoms with van der Waals surface area (Å²) in [6.45, 7) is 12.4. The van der Waals surface area contributed by atoms with Crippen LogP contribution < -0.4 is 0 Å². The Balaban J connectivity index is 1.76. The van der Waals surface area contributed by atoms with Crippen LogP contribution in [0, 0.1) is 19.8 Å². The van der Waals surface area contributed by atoms with Crippen molar-refractivity contribution in [2.45, 2.75) is 46.0 Å². The van der Waals surface area contributed by atoms with Crippen LogP contribution in [0.1, 0.15) is 65.3 Å². The molecule has 266 valence electrons. The molecule has 0 fully saturated rings. The molecule has 51 heavy (non-hydrogen) atoms. The van der Waals surface area contributed by atoms with Gasteiger partial charge in [0, 0.05) is 51.0 Å². The third kappa shape index (κ3) is 6.25. The van der Waals surface area contributed by atoms with Crippen LogP contribution in [-0.4, -0.2) is 71.5 Å². The van der Waals surface area contributed by atoms with Crippen molar-refractivity contribution in [1.29, 1.82) is 0 Å². The molecule has 0 saturated heterocycles. The number of methoxy groups -OCH3 is 1. The smallest absolute Gasteiger partial charge is 0.331 e. The van der Waals surface area contributed by atoms with E-state index in [1.54, 1.807) is 12.2 Å².